The molecule has 2 rings (SSSR count). The van der Waals surface area contributed by atoms with E-state index >= 15 is 0 Å². The number of aryl methyl sites for hydroxylation is 1. The van der Waals surface area contributed by atoms with Crippen molar-refractivity contribution in [2.75, 3.05) is 0 Å². The van der Waals surface area contributed by atoms with E-state index in [2.05, 4.69) is 15.9 Å². The molecule has 0 saturated carbocycles. The number of halogens is 4. The molecule has 1 aromatic heterocycles. The minimum atomic E-state index is -4.30. The van der Waals surface area contributed by atoms with Crippen LogP contribution in [0.3, 0.4) is 0 Å². The molecule has 0 fully saturated rings. The zero-order chi connectivity index (χ0) is 11.9. The fraction of sp³-hybridized carbons (Fsp3) is 0.200. The lowest BCUT2D eigenvalue weighted by Gasteiger charge is -2.04. The second kappa shape index (κ2) is 4.00. The zero-order valence-corrected chi connectivity index (χ0v) is 10.5. The van der Waals surface area contributed by atoms with Crippen LogP contribution in [0, 0.1) is 6.92 Å². The summed E-state index contributed by atoms with van der Waals surface area (Å²) in [5.74, 6) is 0.282. The van der Waals surface area contributed by atoms with Gasteiger partial charge in [0.05, 0.1) is 9.37 Å². The molecule has 0 radical (unpaired) electrons. The third-order valence-electron chi connectivity index (χ3n) is 2.00. The van der Waals surface area contributed by atoms with Crippen LogP contribution in [0.4, 0.5) is 13.2 Å². The van der Waals surface area contributed by atoms with Gasteiger partial charge in [-0.1, -0.05) is 6.07 Å². The first-order valence-electron chi connectivity index (χ1n) is 4.32. The van der Waals surface area contributed by atoms with Crippen LogP contribution in [0.5, 0.6) is 0 Å². The SMILES string of the molecule is Cc1oc2c(Br)cccc2c1SC(F)(F)F. The number of furan rings is 1. The smallest absolute Gasteiger partial charge is 0.446 e. The fourth-order valence-electron chi connectivity index (χ4n) is 1.42. The summed E-state index contributed by atoms with van der Waals surface area (Å²) in [5.41, 5.74) is -3.85. The van der Waals surface area contributed by atoms with Crippen molar-refractivity contribution in [3.63, 3.8) is 0 Å². The Hall–Kier alpha value is -0.620. The molecule has 2 aromatic rings. The number of thioether (sulfide) groups is 1. The zero-order valence-electron chi connectivity index (χ0n) is 8.06. The van der Waals surface area contributed by atoms with Gasteiger partial charge in [0.2, 0.25) is 0 Å². The van der Waals surface area contributed by atoms with Crippen molar-refractivity contribution >= 4 is 38.7 Å². The lowest BCUT2D eigenvalue weighted by molar-refractivity contribution is -0.0328. The van der Waals surface area contributed by atoms with Gasteiger partial charge in [-0.3, -0.25) is 0 Å². The Bertz CT molecular complexity index is 533. The highest BCUT2D eigenvalue weighted by Crippen LogP contribution is 2.44. The summed E-state index contributed by atoms with van der Waals surface area (Å²) in [6.45, 7) is 1.53. The molecule has 0 spiro atoms. The maximum atomic E-state index is 12.3. The van der Waals surface area contributed by atoms with Gasteiger partial charge in [-0.05, 0) is 46.7 Å². The second-order valence-corrected chi connectivity index (χ2v) is 5.08. The maximum Gasteiger partial charge on any atom is 0.446 e. The van der Waals surface area contributed by atoms with Crippen molar-refractivity contribution in [3.8, 4) is 0 Å². The lowest BCUT2D eigenvalue weighted by atomic mass is 10.2. The molecule has 0 aliphatic rings. The molecule has 0 aliphatic carbocycles. The van der Waals surface area contributed by atoms with Crippen molar-refractivity contribution in [1.82, 2.24) is 0 Å². The Morgan fingerprint density at radius 1 is 1.31 bits per heavy atom. The van der Waals surface area contributed by atoms with Crippen LogP contribution >= 0.6 is 27.7 Å². The summed E-state index contributed by atoms with van der Waals surface area (Å²) in [7, 11) is 0. The molecule has 1 nitrogen and oxygen atoms in total. The highest BCUT2D eigenvalue weighted by atomic mass is 79.9. The highest BCUT2D eigenvalue weighted by molar-refractivity contribution is 9.10. The minimum absolute atomic E-state index is 0.129. The van der Waals surface area contributed by atoms with E-state index < -0.39 is 5.51 Å². The van der Waals surface area contributed by atoms with Crippen molar-refractivity contribution in [3.05, 3.63) is 28.4 Å². The van der Waals surface area contributed by atoms with Crippen LogP contribution < -0.4 is 0 Å². The number of fused-ring (bicyclic) bond motifs is 1. The van der Waals surface area contributed by atoms with Gasteiger partial charge in [0.1, 0.15) is 11.3 Å². The van der Waals surface area contributed by atoms with E-state index in [1.54, 1.807) is 18.2 Å². The summed E-state index contributed by atoms with van der Waals surface area (Å²) < 4.78 is 43.0. The molecule has 0 aliphatic heterocycles. The molecule has 0 atom stereocenters. The van der Waals surface area contributed by atoms with E-state index in [0.29, 0.717) is 15.4 Å². The van der Waals surface area contributed by atoms with Crippen LogP contribution in [0.25, 0.3) is 11.0 Å². The van der Waals surface area contributed by atoms with Gasteiger partial charge in [0.15, 0.2) is 0 Å². The molecule has 0 unspecified atom stereocenters. The quantitative estimate of drug-likeness (QED) is 0.678. The van der Waals surface area contributed by atoms with E-state index in [9.17, 15) is 13.2 Å². The molecule has 16 heavy (non-hydrogen) atoms. The van der Waals surface area contributed by atoms with Gasteiger partial charge in [0, 0.05) is 5.39 Å². The Morgan fingerprint density at radius 3 is 2.62 bits per heavy atom. The third-order valence-corrected chi connectivity index (χ3v) is 3.57. The van der Waals surface area contributed by atoms with Crippen LogP contribution in [0.2, 0.25) is 0 Å². The first-order valence-corrected chi connectivity index (χ1v) is 5.93. The topological polar surface area (TPSA) is 13.1 Å². The molecule has 1 aromatic carbocycles. The van der Waals surface area contributed by atoms with E-state index in [4.69, 9.17) is 4.42 Å². The van der Waals surface area contributed by atoms with Gasteiger partial charge in [0.25, 0.3) is 0 Å². The minimum Gasteiger partial charge on any atom is -0.459 e. The van der Waals surface area contributed by atoms with Gasteiger partial charge in [-0.15, -0.1) is 0 Å². The van der Waals surface area contributed by atoms with Gasteiger partial charge < -0.3 is 4.42 Å². The molecular weight excluding hydrogens is 305 g/mol. The van der Waals surface area contributed by atoms with Gasteiger partial charge >= 0.3 is 5.51 Å². The number of para-hydroxylation sites is 1. The van der Waals surface area contributed by atoms with Gasteiger partial charge in [-0.2, -0.15) is 13.2 Å². The summed E-state index contributed by atoms with van der Waals surface area (Å²) in [6.07, 6.45) is 0. The summed E-state index contributed by atoms with van der Waals surface area (Å²) in [4.78, 5) is 0.129. The molecule has 0 N–H and O–H groups in total. The van der Waals surface area contributed by atoms with Crippen molar-refractivity contribution < 1.29 is 17.6 Å². The van der Waals surface area contributed by atoms with E-state index in [1.807, 2.05) is 0 Å². The standard InChI is InChI=1S/C10H6BrF3OS/c1-5-9(16-10(12,13)14)6-3-2-4-7(11)8(6)15-5/h2-4H,1H3. The van der Waals surface area contributed by atoms with E-state index in [0.717, 1.165) is 0 Å². The normalized spacial score (nSPS) is 12.3. The van der Waals surface area contributed by atoms with Crippen LogP contribution in [0.1, 0.15) is 5.76 Å². The summed E-state index contributed by atoms with van der Waals surface area (Å²) in [6, 6.07) is 5.03. The van der Waals surface area contributed by atoms with Crippen molar-refractivity contribution in [2.45, 2.75) is 17.3 Å². The van der Waals surface area contributed by atoms with Crippen LogP contribution in [0.15, 0.2) is 32.0 Å². The predicted octanol–water partition coefficient (Wildman–Crippen LogP) is 5.12. The Morgan fingerprint density at radius 2 is 2.00 bits per heavy atom. The molecule has 0 amide bonds. The highest BCUT2D eigenvalue weighted by Gasteiger charge is 2.32. The molecule has 6 heteroatoms. The number of hydrogen-bond acceptors (Lipinski definition) is 2. The van der Waals surface area contributed by atoms with Gasteiger partial charge in [-0.25, -0.2) is 0 Å². The summed E-state index contributed by atoms with van der Waals surface area (Å²) >= 11 is 3.10. The number of rotatable bonds is 1. The first kappa shape index (κ1) is 11.9. The lowest BCUT2D eigenvalue weighted by Crippen LogP contribution is -1.99. The van der Waals surface area contributed by atoms with E-state index in [-0.39, 0.29) is 22.4 Å². The molecular formula is C10H6BrF3OS. The van der Waals surface area contributed by atoms with Crippen LogP contribution in [-0.2, 0) is 0 Å². The summed E-state index contributed by atoms with van der Waals surface area (Å²) in [5, 5.41) is 0.481. The number of hydrogen-bond donors (Lipinski definition) is 0. The van der Waals surface area contributed by atoms with Crippen molar-refractivity contribution in [1.29, 1.82) is 0 Å². The van der Waals surface area contributed by atoms with E-state index in [1.165, 1.54) is 6.92 Å². The van der Waals surface area contributed by atoms with Crippen molar-refractivity contribution in [2.24, 2.45) is 0 Å². The predicted molar refractivity (Wildman–Crippen MR) is 60.6 cm³/mol. The Balaban J connectivity index is 2.61. The number of alkyl halides is 3. The second-order valence-electron chi connectivity index (χ2n) is 3.15. The number of benzene rings is 1. The third kappa shape index (κ3) is 2.22. The molecule has 86 valence electrons. The maximum absolute atomic E-state index is 12.3. The first-order chi connectivity index (χ1) is 7.38. The molecule has 0 saturated heterocycles. The molecule has 0 bridgehead atoms. The fourth-order valence-corrected chi connectivity index (χ4v) is 2.56. The monoisotopic (exact) mass is 310 g/mol. The van der Waals surface area contributed by atoms with Crippen LogP contribution in [-0.4, -0.2) is 5.51 Å². The Labute approximate surface area is 102 Å². The Kier molecular flexibility index (Phi) is 2.96. The largest absolute Gasteiger partial charge is 0.459 e. The average molecular weight is 311 g/mol. The average Bonchev–Trinajstić information content (AvgIpc) is 2.44. The molecule has 1 heterocycles.